The van der Waals surface area contributed by atoms with Crippen LogP contribution >= 0.6 is 0 Å². The Kier molecular flexibility index (Phi) is 20.3. The van der Waals surface area contributed by atoms with Crippen LogP contribution in [0, 0.1) is 11.6 Å². The molecule has 4 aromatic carbocycles. The highest BCUT2D eigenvalue weighted by Crippen LogP contribution is 2.43. The molecular weight excluding hydrogens is 1050 g/mol. The molecule has 3 fully saturated rings. The van der Waals surface area contributed by atoms with E-state index >= 15 is 0 Å². The van der Waals surface area contributed by atoms with Crippen molar-refractivity contribution in [3.05, 3.63) is 106 Å². The van der Waals surface area contributed by atoms with Gasteiger partial charge in [-0.2, -0.15) is 5.10 Å². The predicted molar refractivity (Wildman–Crippen MR) is 294 cm³/mol. The summed E-state index contributed by atoms with van der Waals surface area (Å²) in [6, 6.07) is 16.7. The van der Waals surface area contributed by atoms with Gasteiger partial charge in [-0.15, -0.1) is 0 Å². The van der Waals surface area contributed by atoms with Crippen LogP contribution in [0.2, 0.25) is 0 Å². The minimum absolute atomic E-state index is 0.0146. The molecule has 1 aromatic heterocycles. The molecule has 81 heavy (non-hydrogen) atoms. The van der Waals surface area contributed by atoms with Gasteiger partial charge in [0, 0.05) is 87.8 Å². The first kappa shape index (κ1) is 58.2. The number of piperidine rings is 1. The van der Waals surface area contributed by atoms with E-state index in [9.17, 15) is 37.5 Å². The summed E-state index contributed by atoms with van der Waals surface area (Å²) in [5, 5.41) is 20.6. The lowest BCUT2D eigenvalue weighted by Gasteiger charge is -2.37. The number of nitrogens with zero attached hydrogens (tertiary/aromatic N) is 4. The zero-order valence-corrected chi connectivity index (χ0v) is 45.0. The third-order valence-corrected chi connectivity index (χ3v) is 14.4. The van der Waals surface area contributed by atoms with Gasteiger partial charge in [-0.25, -0.2) is 8.78 Å². The second-order valence-electron chi connectivity index (χ2n) is 20.0. The van der Waals surface area contributed by atoms with Crippen molar-refractivity contribution in [1.82, 2.24) is 30.6 Å². The van der Waals surface area contributed by atoms with E-state index in [1.165, 1.54) is 12.1 Å². The lowest BCUT2D eigenvalue weighted by molar-refractivity contribution is -0.136. The highest BCUT2D eigenvalue weighted by Gasteiger charge is 2.45. The van der Waals surface area contributed by atoms with Crippen molar-refractivity contribution < 1.29 is 66.0 Å². The van der Waals surface area contributed by atoms with Gasteiger partial charge >= 0.3 is 0 Å². The van der Waals surface area contributed by atoms with Crippen molar-refractivity contribution in [1.29, 1.82) is 0 Å². The summed E-state index contributed by atoms with van der Waals surface area (Å²) >= 11 is 0. The molecule has 7 N–H and O–H groups in total. The highest BCUT2D eigenvalue weighted by molar-refractivity contribution is 6.25. The molecule has 0 saturated carbocycles. The van der Waals surface area contributed by atoms with Crippen LogP contribution in [0.5, 0.6) is 0 Å². The number of amides is 6. The number of aromatic amines is 1. The summed E-state index contributed by atoms with van der Waals surface area (Å²) in [4.78, 5) is 81.6. The van der Waals surface area contributed by atoms with Gasteiger partial charge < -0.3 is 55.0 Å². The molecule has 24 heteroatoms. The van der Waals surface area contributed by atoms with Crippen LogP contribution in [0.4, 0.5) is 25.8 Å². The first-order valence-electron chi connectivity index (χ1n) is 27.4. The third kappa shape index (κ3) is 15.1. The molecule has 3 saturated heterocycles. The van der Waals surface area contributed by atoms with Crippen molar-refractivity contribution in [2.75, 3.05) is 141 Å². The lowest BCUT2D eigenvalue weighted by Crippen LogP contribution is -2.54. The van der Waals surface area contributed by atoms with Crippen molar-refractivity contribution in [3.8, 4) is 11.3 Å². The van der Waals surface area contributed by atoms with Crippen LogP contribution < -0.4 is 31.9 Å². The molecule has 1 atom stereocenters. The van der Waals surface area contributed by atoms with Crippen molar-refractivity contribution >= 4 is 63.4 Å². The van der Waals surface area contributed by atoms with Crippen LogP contribution in [0.3, 0.4) is 0 Å². The Morgan fingerprint density at radius 1 is 0.728 bits per heavy atom. The van der Waals surface area contributed by atoms with Gasteiger partial charge in [0.2, 0.25) is 17.7 Å². The summed E-state index contributed by atoms with van der Waals surface area (Å²) < 4.78 is 62.0. The highest BCUT2D eigenvalue weighted by atomic mass is 19.1. The molecule has 4 aliphatic heterocycles. The molecule has 1 unspecified atom stereocenters. The summed E-state index contributed by atoms with van der Waals surface area (Å²) in [6.45, 7) is 7.94. The number of carbonyl (C=O) groups excluding carboxylic acids is 6. The number of piperazine rings is 1. The van der Waals surface area contributed by atoms with Gasteiger partial charge in [0.15, 0.2) is 0 Å². The molecule has 0 spiro atoms. The van der Waals surface area contributed by atoms with Gasteiger partial charge in [-0.3, -0.25) is 49.0 Å². The number of anilines is 3. The van der Waals surface area contributed by atoms with Crippen molar-refractivity contribution in [2.45, 2.75) is 44.2 Å². The zero-order chi connectivity index (χ0) is 56.7. The van der Waals surface area contributed by atoms with Crippen molar-refractivity contribution in [3.63, 3.8) is 0 Å². The van der Waals surface area contributed by atoms with Gasteiger partial charge in [0.1, 0.15) is 23.4 Å². The number of H-pyrrole nitrogens is 1. The summed E-state index contributed by atoms with van der Waals surface area (Å²) in [6.07, 6.45) is 1.88. The molecule has 5 heterocycles. The standard InChI is InChI=1S/C57H68F2N10O12/c58-38-31-37(32-39(59)34-38)30-36-4-6-44-43(33-36)53(66-65-44)51-46(7-5-42(54(60)72)52(51)63-40-10-18-76-19-11-40)68-16-14-67(15-17-68)35-49(71)62-13-21-78-23-25-80-27-29-81-28-26-79-24-22-77-20-12-61-45-3-1-2-41-50(45)57(75)69(56(41)74)47-8-9-48(70)64-55(47)73/h1-7,31-34,40,47,61,63H,8-30,35H2,(H2,60,72)(H,62,71)(H,65,66)(H,64,70,73). The minimum atomic E-state index is -1.03. The fraction of sp³-hybridized carbons (Fsp3) is 0.456. The molecule has 6 amide bonds. The van der Waals surface area contributed by atoms with Crippen LogP contribution in [0.15, 0.2) is 66.7 Å². The molecule has 0 bridgehead atoms. The number of halogens is 2. The number of rotatable bonds is 29. The number of hydrogen-bond acceptors (Lipinski definition) is 17. The summed E-state index contributed by atoms with van der Waals surface area (Å²) in [7, 11) is 0. The Balaban J connectivity index is 0.634. The van der Waals surface area contributed by atoms with E-state index < -0.39 is 47.2 Å². The fourth-order valence-corrected chi connectivity index (χ4v) is 10.4. The number of aromatic nitrogens is 2. The number of ether oxygens (including phenoxy) is 6. The van der Waals surface area contributed by atoms with Crippen LogP contribution in [-0.2, 0) is 49.2 Å². The van der Waals surface area contributed by atoms with E-state index in [0.717, 1.165) is 46.0 Å². The average Bonchev–Trinajstić information content (AvgIpc) is 4.02. The maximum Gasteiger partial charge on any atom is 0.264 e. The Bertz CT molecular complexity index is 3040. The Morgan fingerprint density at radius 2 is 1.40 bits per heavy atom. The van der Waals surface area contributed by atoms with Gasteiger partial charge in [-0.1, -0.05) is 12.1 Å². The summed E-state index contributed by atoms with van der Waals surface area (Å²) in [5.41, 5.74) is 12.0. The molecule has 9 rings (SSSR count). The van der Waals surface area contributed by atoms with E-state index in [1.54, 1.807) is 24.3 Å². The zero-order valence-electron chi connectivity index (χ0n) is 45.0. The molecular formula is C57H68F2N10O12. The van der Waals surface area contributed by atoms with E-state index in [1.807, 2.05) is 24.3 Å². The Labute approximate surface area is 466 Å². The van der Waals surface area contributed by atoms with E-state index in [-0.39, 0.29) is 48.9 Å². The van der Waals surface area contributed by atoms with Crippen molar-refractivity contribution in [2.24, 2.45) is 5.73 Å². The average molecular weight is 1120 g/mol. The predicted octanol–water partition coefficient (Wildman–Crippen LogP) is 3.62. The van der Waals surface area contributed by atoms with Gasteiger partial charge in [0.25, 0.3) is 17.7 Å². The van der Waals surface area contributed by atoms with E-state index in [4.69, 9.17) is 39.3 Å². The topological polar surface area (TPSA) is 270 Å². The number of nitrogens with one attached hydrogen (secondary N) is 5. The molecule has 432 valence electrons. The number of fused-ring (bicyclic) bond motifs is 2. The molecule has 22 nitrogen and oxygen atoms in total. The maximum absolute atomic E-state index is 14.2. The normalized spacial score (nSPS) is 17.0. The number of imide groups is 2. The molecule has 5 aromatic rings. The number of hydrogen-bond donors (Lipinski definition) is 6. The Hall–Kier alpha value is -7.45. The number of nitrogens with two attached hydrogens (primary N) is 1. The van der Waals surface area contributed by atoms with Gasteiger partial charge in [-0.05, 0) is 85.3 Å². The second-order valence-corrected chi connectivity index (χ2v) is 20.0. The monoisotopic (exact) mass is 1120 g/mol. The van der Waals surface area contributed by atoms with Crippen LogP contribution in [-0.4, -0.2) is 193 Å². The first-order valence-corrected chi connectivity index (χ1v) is 27.4. The van der Waals surface area contributed by atoms with E-state index in [0.29, 0.717) is 152 Å². The fourth-order valence-electron chi connectivity index (χ4n) is 10.4. The largest absolute Gasteiger partial charge is 0.382 e. The SMILES string of the molecule is NC(=O)c1ccc(N2CCN(CC(=O)NCCOCCOCCOCCOCCOCCNc3cccc4c3C(=O)N(C3CCC(=O)NC3=O)C4=O)CC2)c(-c2n[nH]c3ccc(Cc4cc(F)cc(F)c4)cc23)c1NC1CCOCC1. The second kappa shape index (κ2) is 28.3. The third-order valence-electron chi connectivity index (χ3n) is 14.4. The maximum atomic E-state index is 14.2. The number of primary amides is 1. The number of benzene rings is 4. The smallest absolute Gasteiger partial charge is 0.264 e. The quantitative estimate of drug-likeness (QED) is 0.0295. The van der Waals surface area contributed by atoms with Crippen LogP contribution in [0.25, 0.3) is 22.2 Å². The molecule has 0 aliphatic carbocycles. The minimum Gasteiger partial charge on any atom is -0.382 e. The number of carbonyl (C=O) groups is 6. The van der Waals surface area contributed by atoms with E-state index in [2.05, 4.69) is 36.2 Å². The lowest BCUT2D eigenvalue weighted by atomic mass is 9.95. The van der Waals surface area contributed by atoms with Gasteiger partial charge in [0.05, 0.1) is 106 Å². The Morgan fingerprint density at radius 3 is 2.06 bits per heavy atom. The summed E-state index contributed by atoms with van der Waals surface area (Å²) in [5.74, 6) is -4.24. The van der Waals surface area contributed by atoms with Crippen LogP contribution in [0.1, 0.15) is 67.9 Å². The first-order chi connectivity index (χ1) is 39.4. The molecule has 0 radical (unpaired) electrons. The molecule has 4 aliphatic rings.